The first kappa shape index (κ1) is 17.1. The largest absolute Gasteiger partial charge is 0.504 e. The average Bonchev–Trinajstić information content (AvgIpc) is 2.65. The topological polar surface area (TPSA) is 75.8 Å². The summed E-state index contributed by atoms with van der Waals surface area (Å²) in [5.41, 5.74) is 11.0. The van der Waals surface area contributed by atoms with Gasteiger partial charge in [-0.05, 0) is 61.2 Å². The Morgan fingerprint density at radius 1 is 1.31 bits per heavy atom. The second-order valence-electron chi connectivity index (χ2n) is 7.14. The van der Waals surface area contributed by atoms with Crippen LogP contribution in [0.1, 0.15) is 35.6 Å². The van der Waals surface area contributed by atoms with Crippen LogP contribution in [0.15, 0.2) is 30.3 Å². The molecule has 0 fully saturated rings. The average molecular weight is 352 g/mol. The van der Waals surface area contributed by atoms with Crippen LogP contribution in [0.3, 0.4) is 0 Å². The maximum absolute atomic E-state index is 11.9. The minimum Gasteiger partial charge on any atom is -0.504 e. The number of fused-ring (bicyclic) bond motifs is 2. The van der Waals surface area contributed by atoms with Gasteiger partial charge < -0.3 is 15.6 Å². The first-order chi connectivity index (χ1) is 12.6. The molecular formula is C21H24N2O3. The van der Waals surface area contributed by atoms with E-state index in [1.807, 2.05) is 12.1 Å². The van der Waals surface area contributed by atoms with E-state index >= 15 is 0 Å². The van der Waals surface area contributed by atoms with Crippen molar-refractivity contribution in [2.24, 2.45) is 5.73 Å². The Hall–Kier alpha value is -2.37. The van der Waals surface area contributed by atoms with E-state index in [1.54, 1.807) is 6.07 Å². The van der Waals surface area contributed by atoms with Crippen LogP contribution in [0.4, 0.5) is 0 Å². The van der Waals surface area contributed by atoms with Crippen LogP contribution in [0, 0.1) is 0 Å². The smallest absolute Gasteiger partial charge is 0.311 e. The number of likely N-dealkylation sites (N-methyl/N-ethyl adjacent to an activating group) is 1. The molecule has 0 unspecified atom stereocenters. The Labute approximate surface area is 153 Å². The number of phenols is 1. The van der Waals surface area contributed by atoms with E-state index in [4.69, 9.17) is 10.5 Å². The van der Waals surface area contributed by atoms with Crippen LogP contribution in [0.25, 0.3) is 11.1 Å². The van der Waals surface area contributed by atoms with Gasteiger partial charge in [0.25, 0.3) is 0 Å². The molecular weight excluding hydrogens is 328 g/mol. The van der Waals surface area contributed by atoms with Gasteiger partial charge in [-0.2, -0.15) is 0 Å². The summed E-state index contributed by atoms with van der Waals surface area (Å²) in [5, 5.41) is 10.9. The Kier molecular flexibility index (Phi) is 4.42. The van der Waals surface area contributed by atoms with Gasteiger partial charge >= 0.3 is 5.97 Å². The molecule has 5 heteroatoms. The second-order valence-corrected chi connectivity index (χ2v) is 7.14. The molecule has 1 atom stereocenters. The number of carbonyl (C=O) groups excluding carboxylic acids is 1. The highest BCUT2D eigenvalue weighted by Gasteiger charge is 2.34. The molecule has 0 radical (unpaired) electrons. The van der Waals surface area contributed by atoms with E-state index in [2.05, 4.69) is 24.1 Å². The van der Waals surface area contributed by atoms with Crippen molar-refractivity contribution in [2.75, 3.05) is 20.1 Å². The van der Waals surface area contributed by atoms with Gasteiger partial charge in [-0.1, -0.05) is 24.3 Å². The van der Waals surface area contributed by atoms with Gasteiger partial charge in [0, 0.05) is 24.6 Å². The summed E-state index contributed by atoms with van der Waals surface area (Å²) in [6.45, 7) is 1.48. The van der Waals surface area contributed by atoms with Crippen LogP contribution in [0.2, 0.25) is 0 Å². The van der Waals surface area contributed by atoms with Gasteiger partial charge in [0.05, 0.1) is 0 Å². The molecule has 0 aromatic heterocycles. The molecule has 2 aromatic carbocycles. The normalized spacial score (nSPS) is 18.2. The molecule has 0 amide bonds. The molecule has 1 aliphatic carbocycles. The van der Waals surface area contributed by atoms with Gasteiger partial charge in [0.1, 0.15) is 0 Å². The molecule has 4 rings (SSSR count). The van der Waals surface area contributed by atoms with Crippen molar-refractivity contribution >= 4 is 5.97 Å². The van der Waals surface area contributed by atoms with Gasteiger partial charge in [0.15, 0.2) is 11.5 Å². The van der Waals surface area contributed by atoms with Crippen LogP contribution < -0.4 is 10.5 Å². The third-order valence-corrected chi connectivity index (χ3v) is 5.51. The van der Waals surface area contributed by atoms with Crippen LogP contribution in [-0.4, -0.2) is 36.1 Å². The zero-order chi connectivity index (χ0) is 18.3. The number of ether oxygens (including phenoxy) is 1. The highest BCUT2D eigenvalue weighted by Crippen LogP contribution is 2.50. The van der Waals surface area contributed by atoms with E-state index in [-0.39, 0.29) is 23.9 Å². The number of nitrogens with zero attached hydrogens (tertiary/aromatic N) is 1. The van der Waals surface area contributed by atoms with Crippen molar-refractivity contribution in [2.45, 2.75) is 31.7 Å². The fraction of sp³-hybridized carbons (Fsp3) is 0.381. The van der Waals surface area contributed by atoms with Crippen LogP contribution >= 0.6 is 0 Å². The summed E-state index contributed by atoms with van der Waals surface area (Å²) in [7, 11) is 2.16. The van der Waals surface area contributed by atoms with Crippen molar-refractivity contribution < 1.29 is 14.6 Å². The lowest BCUT2D eigenvalue weighted by molar-refractivity contribution is -0.134. The Balaban J connectivity index is 1.77. The van der Waals surface area contributed by atoms with Crippen molar-refractivity contribution in [1.82, 2.24) is 4.90 Å². The molecule has 0 bridgehead atoms. The standard InChI is InChI=1S/C21H24N2O3/c1-23-11-9-13-4-2-5-15-19(13)16(23)12-14-7-8-17(21(25)20(14)15)26-18(24)6-3-10-22/h2,4-5,7-8,16,25H,3,6,9-12,22H2,1H3/t16-/m1/s1. The Morgan fingerprint density at radius 2 is 2.15 bits per heavy atom. The lowest BCUT2D eigenvalue weighted by Crippen LogP contribution is -2.35. The third kappa shape index (κ3) is 2.77. The van der Waals surface area contributed by atoms with Crippen molar-refractivity contribution in [1.29, 1.82) is 0 Å². The molecule has 1 heterocycles. The van der Waals surface area contributed by atoms with E-state index in [0.717, 1.165) is 36.1 Å². The van der Waals surface area contributed by atoms with Crippen LogP contribution in [-0.2, 0) is 17.6 Å². The molecule has 0 saturated carbocycles. The molecule has 0 spiro atoms. The van der Waals surface area contributed by atoms with Gasteiger partial charge in [-0.15, -0.1) is 0 Å². The first-order valence-electron chi connectivity index (χ1n) is 9.18. The number of hydrogen-bond acceptors (Lipinski definition) is 5. The summed E-state index contributed by atoms with van der Waals surface area (Å²) in [6, 6.07) is 10.3. The van der Waals surface area contributed by atoms with E-state index < -0.39 is 0 Å². The van der Waals surface area contributed by atoms with Crippen molar-refractivity contribution in [3.8, 4) is 22.6 Å². The SMILES string of the molecule is CN1CCc2cccc3c2[C@H]1Cc1ccc(OC(=O)CCCN)c(O)c1-3. The monoisotopic (exact) mass is 352 g/mol. The number of carbonyl (C=O) groups is 1. The fourth-order valence-corrected chi connectivity index (χ4v) is 4.17. The van der Waals surface area contributed by atoms with Gasteiger partial charge in [-0.25, -0.2) is 0 Å². The van der Waals surface area contributed by atoms with Crippen molar-refractivity contribution in [3.63, 3.8) is 0 Å². The number of hydrogen-bond donors (Lipinski definition) is 2. The summed E-state index contributed by atoms with van der Waals surface area (Å²) in [6.07, 6.45) is 2.69. The molecule has 2 aliphatic rings. The zero-order valence-corrected chi connectivity index (χ0v) is 15.0. The maximum Gasteiger partial charge on any atom is 0.311 e. The lowest BCUT2D eigenvalue weighted by Gasteiger charge is -2.39. The van der Waals surface area contributed by atoms with Gasteiger partial charge in [-0.3, -0.25) is 9.69 Å². The number of rotatable bonds is 4. The first-order valence-corrected chi connectivity index (χ1v) is 9.18. The highest BCUT2D eigenvalue weighted by atomic mass is 16.5. The molecule has 5 nitrogen and oxygen atoms in total. The summed E-state index contributed by atoms with van der Waals surface area (Å²) >= 11 is 0. The Morgan fingerprint density at radius 3 is 2.96 bits per heavy atom. The van der Waals surface area contributed by atoms with E-state index in [9.17, 15) is 9.90 Å². The number of aromatic hydroxyl groups is 1. The quantitative estimate of drug-likeness (QED) is 0.654. The van der Waals surface area contributed by atoms with Crippen molar-refractivity contribution in [3.05, 3.63) is 47.0 Å². The predicted octanol–water partition coefficient (Wildman–Crippen LogP) is 2.79. The maximum atomic E-state index is 11.9. The molecule has 136 valence electrons. The molecule has 2 aromatic rings. The predicted molar refractivity (Wildman–Crippen MR) is 100 cm³/mol. The Bertz CT molecular complexity index is 863. The zero-order valence-electron chi connectivity index (χ0n) is 15.0. The number of benzene rings is 2. The molecule has 3 N–H and O–H groups in total. The minimum atomic E-state index is -0.366. The van der Waals surface area contributed by atoms with E-state index in [0.29, 0.717) is 19.0 Å². The summed E-state index contributed by atoms with van der Waals surface area (Å²) in [4.78, 5) is 14.3. The molecule has 1 aliphatic heterocycles. The number of nitrogens with two attached hydrogens (primary N) is 1. The van der Waals surface area contributed by atoms with Gasteiger partial charge in [0.2, 0.25) is 0 Å². The number of phenolic OH excluding ortho intramolecular Hbond substituents is 1. The highest BCUT2D eigenvalue weighted by molar-refractivity contribution is 5.84. The van der Waals surface area contributed by atoms with Crippen LogP contribution in [0.5, 0.6) is 11.5 Å². The minimum absolute atomic E-state index is 0.0590. The molecule has 0 saturated heterocycles. The number of esters is 1. The lowest BCUT2D eigenvalue weighted by atomic mass is 9.77. The fourth-order valence-electron chi connectivity index (χ4n) is 4.17. The third-order valence-electron chi connectivity index (χ3n) is 5.51. The summed E-state index contributed by atoms with van der Waals surface area (Å²) in [5.74, 6) is -0.0797. The summed E-state index contributed by atoms with van der Waals surface area (Å²) < 4.78 is 5.39. The molecule has 26 heavy (non-hydrogen) atoms. The van der Waals surface area contributed by atoms with E-state index in [1.165, 1.54) is 11.1 Å². The second kappa shape index (κ2) is 6.74.